The molecule has 3 nitrogen and oxygen atoms in total. The number of rotatable bonds is 6. The summed E-state index contributed by atoms with van der Waals surface area (Å²) in [6, 6.07) is 0. The minimum absolute atomic E-state index is 0.0512. The maximum absolute atomic E-state index is 10.9. The third kappa shape index (κ3) is 7.88. The summed E-state index contributed by atoms with van der Waals surface area (Å²) in [6.07, 6.45) is 1.76. The summed E-state index contributed by atoms with van der Waals surface area (Å²) in [5.41, 5.74) is 0. The van der Waals surface area contributed by atoms with Crippen LogP contribution >= 0.6 is 12.6 Å². The normalized spacial score (nSPS) is 12.6. The van der Waals surface area contributed by atoms with Crippen molar-refractivity contribution in [3.63, 3.8) is 0 Å². The van der Waals surface area contributed by atoms with Crippen LogP contribution in [0.2, 0.25) is 0 Å². The Morgan fingerprint density at radius 3 is 2.75 bits per heavy atom. The fourth-order valence-electron chi connectivity index (χ4n) is 0.700. The largest absolute Gasteiger partial charge is 0.466 e. The molecular formula is C8H16O3S. The Balaban J connectivity index is 3.20. The second-order valence-corrected chi connectivity index (χ2v) is 3.59. The Kier molecular flexibility index (Phi) is 7.29. The van der Waals surface area contributed by atoms with E-state index in [1.54, 1.807) is 0 Å². The number of thiol groups is 1. The van der Waals surface area contributed by atoms with E-state index in [9.17, 15) is 4.79 Å². The molecule has 0 saturated carbocycles. The zero-order valence-electron chi connectivity index (χ0n) is 7.32. The standard InChI is InChI=1S/C8H16O3S/c1-7(12)6-8(10)11-5-3-2-4-9/h7,9,12H,2-6H2,1H3. The molecule has 0 spiro atoms. The highest BCUT2D eigenvalue weighted by Gasteiger charge is 2.05. The Bertz CT molecular complexity index is 125. The smallest absolute Gasteiger partial charge is 0.306 e. The van der Waals surface area contributed by atoms with E-state index >= 15 is 0 Å². The predicted octanol–water partition coefficient (Wildman–Crippen LogP) is 1.01. The minimum Gasteiger partial charge on any atom is -0.466 e. The molecule has 0 amide bonds. The van der Waals surface area contributed by atoms with Crippen LogP contribution in [0, 0.1) is 0 Å². The van der Waals surface area contributed by atoms with Crippen molar-refractivity contribution in [3.05, 3.63) is 0 Å². The lowest BCUT2D eigenvalue weighted by molar-refractivity contribution is -0.143. The lowest BCUT2D eigenvalue weighted by Gasteiger charge is -2.05. The highest BCUT2D eigenvalue weighted by molar-refractivity contribution is 7.80. The van der Waals surface area contributed by atoms with E-state index in [0.717, 1.165) is 6.42 Å². The molecule has 1 atom stereocenters. The van der Waals surface area contributed by atoms with Crippen molar-refractivity contribution in [2.24, 2.45) is 0 Å². The van der Waals surface area contributed by atoms with Crippen molar-refractivity contribution < 1.29 is 14.6 Å². The number of hydrogen-bond donors (Lipinski definition) is 2. The van der Waals surface area contributed by atoms with Crippen molar-refractivity contribution in [2.75, 3.05) is 13.2 Å². The summed E-state index contributed by atoms with van der Waals surface area (Å²) in [4.78, 5) is 10.9. The lowest BCUT2D eigenvalue weighted by atomic mass is 10.3. The average molecular weight is 192 g/mol. The molecule has 1 unspecified atom stereocenters. The van der Waals surface area contributed by atoms with Crippen LogP contribution in [0.25, 0.3) is 0 Å². The highest BCUT2D eigenvalue weighted by Crippen LogP contribution is 2.01. The molecule has 0 rings (SSSR count). The van der Waals surface area contributed by atoms with Crippen LogP contribution in [0.15, 0.2) is 0 Å². The van der Waals surface area contributed by atoms with E-state index in [2.05, 4.69) is 12.6 Å². The molecule has 0 saturated heterocycles. The van der Waals surface area contributed by atoms with E-state index in [-0.39, 0.29) is 17.8 Å². The van der Waals surface area contributed by atoms with Gasteiger partial charge in [-0.1, -0.05) is 6.92 Å². The van der Waals surface area contributed by atoms with Crippen molar-refractivity contribution in [3.8, 4) is 0 Å². The van der Waals surface area contributed by atoms with Gasteiger partial charge in [0, 0.05) is 11.9 Å². The third-order valence-electron chi connectivity index (χ3n) is 1.28. The molecule has 0 radical (unpaired) electrons. The molecule has 0 aliphatic heterocycles. The first kappa shape index (κ1) is 11.8. The molecule has 0 aliphatic rings. The maximum atomic E-state index is 10.9. The topological polar surface area (TPSA) is 46.5 Å². The van der Waals surface area contributed by atoms with Crippen molar-refractivity contribution in [2.45, 2.75) is 31.4 Å². The monoisotopic (exact) mass is 192 g/mol. The zero-order chi connectivity index (χ0) is 9.40. The van der Waals surface area contributed by atoms with Crippen LogP contribution in [-0.4, -0.2) is 29.5 Å². The summed E-state index contributed by atoms with van der Waals surface area (Å²) in [6.45, 7) is 2.40. The fourth-order valence-corrected chi connectivity index (χ4v) is 0.849. The Labute approximate surface area is 78.5 Å². The lowest BCUT2D eigenvalue weighted by Crippen LogP contribution is -2.10. The molecule has 4 heteroatoms. The van der Waals surface area contributed by atoms with Crippen LogP contribution in [-0.2, 0) is 9.53 Å². The van der Waals surface area contributed by atoms with Crippen molar-refractivity contribution in [1.29, 1.82) is 0 Å². The van der Waals surface area contributed by atoms with Crippen LogP contribution in [0.1, 0.15) is 26.2 Å². The number of aliphatic hydroxyl groups is 1. The maximum Gasteiger partial charge on any atom is 0.306 e. The summed E-state index contributed by atoms with van der Waals surface area (Å²) in [7, 11) is 0. The number of carbonyl (C=O) groups is 1. The average Bonchev–Trinajstić information content (AvgIpc) is 1.97. The number of ether oxygens (including phenoxy) is 1. The van der Waals surface area contributed by atoms with Crippen LogP contribution in [0.4, 0.5) is 0 Å². The van der Waals surface area contributed by atoms with Gasteiger partial charge >= 0.3 is 5.97 Å². The molecule has 0 aromatic heterocycles. The van der Waals surface area contributed by atoms with Gasteiger partial charge in [-0.15, -0.1) is 0 Å². The fraction of sp³-hybridized carbons (Fsp3) is 0.875. The Morgan fingerprint density at radius 1 is 1.58 bits per heavy atom. The van der Waals surface area contributed by atoms with E-state index in [1.165, 1.54) is 0 Å². The summed E-state index contributed by atoms with van der Waals surface area (Å²) in [5, 5.41) is 8.48. The molecule has 0 aliphatic carbocycles. The van der Waals surface area contributed by atoms with Crippen molar-refractivity contribution >= 4 is 18.6 Å². The van der Waals surface area contributed by atoms with E-state index in [0.29, 0.717) is 19.4 Å². The number of carbonyl (C=O) groups excluding carboxylic acids is 1. The second kappa shape index (κ2) is 7.43. The molecular weight excluding hydrogens is 176 g/mol. The van der Waals surface area contributed by atoms with Gasteiger partial charge in [0.15, 0.2) is 0 Å². The number of unbranched alkanes of at least 4 members (excludes halogenated alkanes) is 1. The van der Waals surface area contributed by atoms with Crippen LogP contribution < -0.4 is 0 Å². The molecule has 72 valence electrons. The van der Waals surface area contributed by atoms with Crippen LogP contribution in [0.5, 0.6) is 0 Å². The third-order valence-corrected chi connectivity index (χ3v) is 1.46. The van der Waals surface area contributed by atoms with Gasteiger partial charge < -0.3 is 9.84 Å². The molecule has 0 heterocycles. The molecule has 0 aromatic carbocycles. The number of aliphatic hydroxyl groups excluding tert-OH is 1. The van der Waals surface area contributed by atoms with Gasteiger partial charge in [0.1, 0.15) is 0 Å². The quantitative estimate of drug-likeness (QED) is 0.375. The zero-order valence-corrected chi connectivity index (χ0v) is 8.22. The SMILES string of the molecule is CC(S)CC(=O)OCCCCO. The van der Waals surface area contributed by atoms with Crippen molar-refractivity contribution in [1.82, 2.24) is 0 Å². The molecule has 0 fully saturated rings. The highest BCUT2D eigenvalue weighted by atomic mass is 32.1. The van der Waals surface area contributed by atoms with Gasteiger partial charge in [0.2, 0.25) is 0 Å². The van der Waals surface area contributed by atoms with E-state index in [4.69, 9.17) is 9.84 Å². The minimum atomic E-state index is -0.213. The predicted molar refractivity (Wildman–Crippen MR) is 50.3 cm³/mol. The number of hydrogen-bond acceptors (Lipinski definition) is 4. The molecule has 0 aromatic rings. The first-order chi connectivity index (χ1) is 5.66. The van der Waals surface area contributed by atoms with Gasteiger partial charge in [0.25, 0.3) is 0 Å². The number of esters is 1. The molecule has 12 heavy (non-hydrogen) atoms. The molecule has 1 N–H and O–H groups in total. The summed E-state index contributed by atoms with van der Waals surface area (Å²) >= 11 is 4.06. The first-order valence-corrected chi connectivity index (χ1v) is 4.63. The van der Waals surface area contributed by atoms with Gasteiger partial charge in [-0.2, -0.15) is 12.6 Å². The second-order valence-electron chi connectivity index (χ2n) is 2.70. The Morgan fingerprint density at radius 2 is 2.25 bits per heavy atom. The van der Waals surface area contributed by atoms with Gasteiger partial charge in [0.05, 0.1) is 13.0 Å². The van der Waals surface area contributed by atoms with Crippen LogP contribution in [0.3, 0.4) is 0 Å². The molecule has 0 bridgehead atoms. The van der Waals surface area contributed by atoms with Gasteiger partial charge in [-0.25, -0.2) is 0 Å². The summed E-state index contributed by atoms with van der Waals surface area (Å²) in [5.74, 6) is -0.213. The first-order valence-electron chi connectivity index (χ1n) is 4.11. The van der Waals surface area contributed by atoms with Gasteiger partial charge in [-0.05, 0) is 12.8 Å². The van der Waals surface area contributed by atoms with E-state index in [1.807, 2.05) is 6.92 Å². The van der Waals surface area contributed by atoms with E-state index < -0.39 is 0 Å². The summed E-state index contributed by atoms with van der Waals surface area (Å²) < 4.78 is 4.86. The Hall–Kier alpha value is -0.220. The van der Waals surface area contributed by atoms with Gasteiger partial charge in [-0.3, -0.25) is 4.79 Å².